The number of carbonyl (C=O) groups is 1. The topological polar surface area (TPSA) is 53.3 Å². The predicted octanol–water partition coefficient (Wildman–Crippen LogP) is 1.81. The summed E-state index contributed by atoms with van der Waals surface area (Å²) in [6.07, 6.45) is 3.56. The molecule has 1 amide bonds. The van der Waals surface area contributed by atoms with Crippen molar-refractivity contribution >= 4 is 5.91 Å². The van der Waals surface area contributed by atoms with Crippen LogP contribution in [0.4, 0.5) is 0 Å². The number of carbonyl (C=O) groups excluding carboxylic acids is 1. The molecule has 17 heavy (non-hydrogen) atoms. The highest BCUT2D eigenvalue weighted by atomic mass is 16.5. The molecule has 1 heterocycles. The van der Waals surface area contributed by atoms with Crippen LogP contribution >= 0.6 is 0 Å². The third-order valence-electron chi connectivity index (χ3n) is 3.28. The molecular formula is C13H22N2O2. The Kier molecular flexibility index (Phi) is 5.99. The maximum absolute atomic E-state index is 12.0. The lowest BCUT2D eigenvalue weighted by Gasteiger charge is -2.28. The Morgan fingerprint density at radius 2 is 2.18 bits per heavy atom. The summed E-state index contributed by atoms with van der Waals surface area (Å²) in [6.45, 7) is 4.34. The molecule has 0 aliphatic carbocycles. The van der Waals surface area contributed by atoms with Crippen LogP contribution in [0.3, 0.4) is 0 Å². The Bertz CT molecular complexity index is 280. The molecule has 0 N–H and O–H groups in total. The molecule has 0 aromatic rings. The van der Waals surface area contributed by atoms with Crippen molar-refractivity contribution in [2.75, 3.05) is 26.8 Å². The van der Waals surface area contributed by atoms with Gasteiger partial charge in [-0.15, -0.1) is 0 Å². The smallest absolute Gasteiger partial charge is 0.239 e. The molecule has 0 saturated carbocycles. The van der Waals surface area contributed by atoms with E-state index in [2.05, 4.69) is 6.07 Å². The standard InChI is InChI=1S/C13H22N2O2/c1-3-4-12(9-14)13(16)15(2)10-11-5-7-17-8-6-11/h11-12H,3-8,10H2,1-2H3. The molecule has 1 aliphatic rings. The minimum atomic E-state index is -0.468. The first-order valence-corrected chi connectivity index (χ1v) is 6.41. The van der Waals surface area contributed by atoms with Gasteiger partial charge in [0.05, 0.1) is 6.07 Å². The van der Waals surface area contributed by atoms with Gasteiger partial charge in [-0.25, -0.2) is 0 Å². The van der Waals surface area contributed by atoms with E-state index in [1.807, 2.05) is 6.92 Å². The Labute approximate surface area is 104 Å². The van der Waals surface area contributed by atoms with Gasteiger partial charge in [0.25, 0.3) is 0 Å². The minimum absolute atomic E-state index is 0.0270. The second kappa shape index (κ2) is 7.29. The largest absolute Gasteiger partial charge is 0.381 e. The molecule has 4 heteroatoms. The zero-order valence-electron chi connectivity index (χ0n) is 10.8. The van der Waals surface area contributed by atoms with E-state index in [9.17, 15) is 4.79 Å². The quantitative estimate of drug-likeness (QED) is 0.734. The first-order chi connectivity index (χ1) is 8.19. The highest BCUT2D eigenvalue weighted by Gasteiger charge is 2.23. The highest BCUT2D eigenvalue weighted by Crippen LogP contribution is 2.17. The van der Waals surface area contributed by atoms with Gasteiger partial charge >= 0.3 is 0 Å². The van der Waals surface area contributed by atoms with Gasteiger partial charge in [0.15, 0.2) is 0 Å². The van der Waals surface area contributed by atoms with E-state index in [1.54, 1.807) is 11.9 Å². The third-order valence-corrected chi connectivity index (χ3v) is 3.28. The van der Waals surface area contributed by atoms with E-state index >= 15 is 0 Å². The molecule has 1 unspecified atom stereocenters. The lowest BCUT2D eigenvalue weighted by molar-refractivity contribution is -0.133. The van der Waals surface area contributed by atoms with Gasteiger partial charge in [0.1, 0.15) is 5.92 Å². The third kappa shape index (κ3) is 4.35. The lowest BCUT2D eigenvalue weighted by atomic mass is 9.98. The van der Waals surface area contributed by atoms with Crippen molar-refractivity contribution in [2.45, 2.75) is 32.6 Å². The average molecular weight is 238 g/mol. The summed E-state index contributed by atoms with van der Waals surface area (Å²) < 4.78 is 5.29. The number of nitriles is 1. The number of hydrogen-bond acceptors (Lipinski definition) is 3. The van der Waals surface area contributed by atoms with Gasteiger partial charge in [-0.2, -0.15) is 5.26 Å². The molecule has 0 radical (unpaired) electrons. The fourth-order valence-corrected chi connectivity index (χ4v) is 2.20. The van der Waals surface area contributed by atoms with E-state index in [0.29, 0.717) is 12.3 Å². The summed E-state index contributed by atoms with van der Waals surface area (Å²) in [4.78, 5) is 13.7. The second-order valence-electron chi connectivity index (χ2n) is 4.74. The molecule has 1 atom stereocenters. The van der Waals surface area contributed by atoms with Crippen LogP contribution in [0.2, 0.25) is 0 Å². The number of amides is 1. The molecule has 1 rings (SSSR count). The van der Waals surface area contributed by atoms with Crippen LogP contribution in [0.1, 0.15) is 32.6 Å². The zero-order chi connectivity index (χ0) is 12.7. The summed E-state index contributed by atoms with van der Waals surface area (Å²) in [6, 6.07) is 2.10. The normalized spacial score (nSPS) is 18.4. The van der Waals surface area contributed by atoms with Gasteiger partial charge in [-0.3, -0.25) is 4.79 Å². The summed E-state index contributed by atoms with van der Waals surface area (Å²) in [5, 5.41) is 8.96. The summed E-state index contributed by atoms with van der Waals surface area (Å²) in [5.74, 6) is 0.0318. The van der Waals surface area contributed by atoms with Crippen LogP contribution in [-0.4, -0.2) is 37.6 Å². The maximum atomic E-state index is 12.0. The first-order valence-electron chi connectivity index (χ1n) is 6.41. The molecule has 0 aromatic heterocycles. The predicted molar refractivity (Wildman–Crippen MR) is 65.2 cm³/mol. The Balaban J connectivity index is 2.42. The van der Waals surface area contributed by atoms with E-state index in [0.717, 1.165) is 39.0 Å². The molecular weight excluding hydrogens is 216 g/mol. The number of ether oxygens (including phenoxy) is 1. The van der Waals surface area contributed by atoms with E-state index in [1.165, 1.54) is 0 Å². The fraction of sp³-hybridized carbons (Fsp3) is 0.846. The van der Waals surface area contributed by atoms with Crippen molar-refractivity contribution in [2.24, 2.45) is 11.8 Å². The second-order valence-corrected chi connectivity index (χ2v) is 4.74. The van der Waals surface area contributed by atoms with Crippen LogP contribution in [0, 0.1) is 23.2 Å². The van der Waals surface area contributed by atoms with Gasteiger partial charge in [-0.05, 0) is 25.2 Å². The monoisotopic (exact) mass is 238 g/mol. The Morgan fingerprint density at radius 1 is 1.53 bits per heavy atom. The van der Waals surface area contributed by atoms with Crippen molar-refractivity contribution < 1.29 is 9.53 Å². The van der Waals surface area contributed by atoms with Crippen molar-refractivity contribution in [3.05, 3.63) is 0 Å². The van der Waals surface area contributed by atoms with Crippen LogP contribution < -0.4 is 0 Å². The highest BCUT2D eigenvalue weighted by molar-refractivity contribution is 5.80. The van der Waals surface area contributed by atoms with Crippen molar-refractivity contribution in [3.8, 4) is 6.07 Å². The molecule has 0 aromatic carbocycles. The number of hydrogen-bond donors (Lipinski definition) is 0. The van der Waals surface area contributed by atoms with Crippen molar-refractivity contribution in [1.29, 1.82) is 5.26 Å². The summed E-state index contributed by atoms with van der Waals surface area (Å²) in [7, 11) is 1.80. The van der Waals surface area contributed by atoms with Crippen LogP contribution in [-0.2, 0) is 9.53 Å². The average Bonchev–Trinajstić information content (AvgIpc) is 2.36. The Morgan fingerprint density at radius 3 is 2.71 bits per heavy atom. The van der Waals surface area contributed by atoms with Gasteiger partial charge in [0.2, 0.25) is 5.91 Å². The van der Waals surface area contributed by atoms with Crippen LogP contribution in [0.5, 0.6) is 0 Å². The zero-order valence-corrected chi connectivity index (χ0v) is 10.8. The van der Waals surface area contributed by atoms with Gasteiger partial charge in [-0.1, -0.05) is 13.3 Å². The Hall–Kier alpha value is -1.08. The SMILES string of the molecule is CCCC(C#N)C(=O)N(C)CC1CCOCC1. The fourth-order valence-electron chi connectivity index (χ4n) is 2.20. The molecule has 96 valence electrons. The van der Waals surface area contributed by atoms with Gasteiger partial charge < -0.3 is 9.64 Å². The molecule has 4 nitrogen and oxygen atoms in total. The molecule has 0 bridgehead atoms. The van der Waals surface area contributed by atoms with E-state index in [-0.39, 0.29) is 5.91 Å². The molecule has 0 spiro atoms. The number of rotatable bonds is 5. The lowest BCUT2D eigenvalue weighted by Crippen LogP contribution is -2.37. The summed E-state index contributed by atoms with van der Waals surface area (Å²) >= 11 is 0. The maximum Gasteiger partial charge on any atom is 0.239 e. The molecule has 1 aliphatic heterocycles. The van der Waals surface area contributed by atoms with Crippen molar-refractivity contribution in [1.82, 2.24) is 4.90 Å². The van der Waals surface area contributed by atoms with E-state index in [4.69, 9.17) is 10.00 Å². The van der Waals surface area contributed by atoms with Crippen LogP contribution in [0.15, 0.2) is 0 Å². The van der Waals surface area contributed by atoms with Crippen LogP contribution in [0.25, 0.3) is 0 Å². The van der Waals surface area contributed by atoms with Crippen molar-refractivity contribution in [3.63, 3.8) is 0 Å². The molecule has 1 saturated heterocycles. The van der Waals surface area contributed by atoms with Gasteiger partial charge in [0, 0.05) is 26.8 Å². The van der Waals surface area contributed by atoms with E-state index < -0.39 is 5.92 Å². The number of nitrogens with zero attached hydrogens (tertiary/aromatic N) is 2. The molecule has 1 fully saturated rings. The minimum Gasteiger partial charge on any atom is -0.381 e. The first kappa shape index (κ1) is 14.0. The summed E-state index contributed by atoms with van der Waals surface area (Å²) in [5.41, 5.74) is 0.